The number of carbonyl (C=O) groups excluding carboxylic acids is 1. The molecule has 0 saturated carbocycles. The van der Waals surface area contributed by atoms with E-state index in [9.17, 15) is 4.79 Å². The highest BCUT2D eigenvalue weighted by Crippen LogP contribution is 2.18. The Balaban J connectivity index is 2.83. The average Bonchev–Trinajstić information content (AvgIpc) is 2.31. The first kappa shape index (κ1) is 13.6. The highest BCUT2D eigenvalue weighted by Gasteiger charge is 2.14. The monoisotopic (exact) mass is 249 g/mol. The van der Waals surface area contributed by atoms with Crippen LogP contribution in [0.25, 0.3) is 0 Å². The van der Waals surface area contributed by atoms with E-state index in [0.717, 1.165) is 12.0 Å². The molecule has 90 valence electrons. The highest BCUT2D eigenvalue weighted by atomic mass is 35.5. The standard InChI is InChI=1S/C14H16ClNO/c1-4-7-11(5-2)16-14(17)12-8-6-9-13(15)10(12)3/h1,6,8-9,11H,5,7H2,2-3H3,(H,16,17). The van der Waals surface area contributed by atoms with Crippen molar-refractivity contribution in [2.24, 2.45) is 0 Å². The van der Waals surface area contributed by atoms with Crippen molar-refractivity contribution >= 4 is 17.5 Å². The lowest BCUT2D eigenvalue weighted by Crippen LogP contribution is -2.34. The summed E-state index contributed by atoms with van der Waals surface area (Å²) in [5, 5.41) is 3.51. The van der Waals surface area contributed by atoms with Gasteiger partial charge in [0.25, 0.3) is 5.91 Å². The summed E-state index contributed by atoms with van der Waals surface area (Å²) in [5.41, 5.74) is 1.40. The molecule has 0 aliphatic rings. The zero-order valence-corrected chi connectivity index (χ0v) is 10.8. The number of hydrogen-bond acceptors (Lipinski definition) is 1. The Kier molecular flexibility index (Phi) is 5.06. The Morgan fingerprint density at radius 3 is 2.88 bits per heavy atom. The first-order chi connectivity index (χ1) is 8.10. The molecule has 1 N–H and O–H groups in total. The molecule has 1 aromatic carbocycles. The van der Waals surface area contributed by atoms with Crippen molar-refractivity contribution in [3.8, 4) is 12.3 Å². The van der Waals surface area contributed by atoms with Crippen LogP contribution in [0.4, 0.5) is 0 Å². The molecule has 1 unspecified atom stereocenters. The van der Waals surface area contributed by atoms with Gasteiger partial charge in [0.05, 0.1) is 0 Å². The van der Waals surface area contributed by atoms with Crippen LogP contribution in [0, 0.1) is 19.3 Å². The minimum Gasteiger partial charge on any atom is -0.348 e. The van der Waals surface area contributed by atoms with Crippen LogP contribution in [0.5, 0.6) is 0 Å². The Bertz CT molecular complexity index is 448. The molecule has 0 heterocycles. The minimum absolute atomic E-state index is 0.0193. The van der Waals surface area contributed by atoms with Gasteiger partial charge >= 0.3 is 0 Å². The summed E-state index contributed by atoms with van der Waals surface area (Å²) in [7, 11) is 0. The fourth-order valence-electron chi connectivity index (χ4n) is 1.56. The second-order valence-electron chi connectivity index (χ2n) is 3.90. The van der Waals surface area contributed by atoms with Crippen LogP contribution >= 0.6 is 11.6 Å². The number of rotatable bonds is 4. The number of carbonyl (C=O) groups is 1. The van der Waals surface area contributed by atoms with Gasteiger partial charge in [0, 0.05) is 23.0 Å². The molecule has 1 atom stereocenters. The number of terminal acetylenes is 1. The third-order valence-corrected chi connectivity index (χ3v) is 3.11. The summed E-state index contributed by atoms with van der Waals surface area (Å²) in [4.78, 5) is 12.0. The summed E-state index contributed by atoms with van der Waals surface area (Å²) in [6.07, 6.45) is 6.61. The van der Waals surface area contributed by atoms with Crippen molar-refractivity contribution in [2.75, 3.05) is 0 Å². The minimum atomic E-state index is -0.118. The normalized spacial score (nSPS) is 11.6. The van der Waals surface area contributed by atoms with Crippen molar-refractivity contribution in [3.63, 3.8) is 0 Å². The van der Waals surface area contributed by atoms with Crippen LogP contribution in [0.1, 0.15) is 35.7 Å². The summed E-state index contributed by atoms with van der Waals surface area (Å²) >= 11 is 5.98. The first-order valence-electron chi connectivity index (χ1n) is 5.59. The zero-order valence-electron chi connectivity index (χ0n) is 10.1. The van der Waals surface area contributed by atoms with Gasteiger partial charge in [-0.2, -0.15) is 0 Å². The van der Waals surface area contributed by atoms with Crippen LogP contribution in [0.3, 0.4) is 0 Å². The molecule has 2 nitrogen and oxygen atoms in total. The quantitative estimate of drug-likeness (QED) is 0.816. The molecule has 0 radical (unpaired) electrons. The fourth-order valence-corrected chi connectivity index (χ4v) is 1.73. The maximum Gasteiger partial charge on any atom is 0.251 e. The van der Waals surface area contributed by atoms with Gasteiger partial charge in [-0.05, 0) is 31.0 Å². The first-order valence-corrected chi connectivity index (χ1v) is 5.97. The SMILES string of the molecule is C#CCC(CC)NC(=O)c1cccc(Cl)c1C. The summed E-state index contributed by atoms with van der Waals surface area (Å²) in [5.74, 6) is 2.44. The molecule has 1 amide bonds. The van der Waals surface area contributed by atoms with Crippen molar-refractivity contribution in [2.45, 2.75) is 32.7 Å². The van der Waals surface area contributed by atoms with Crippen LogP contribution in [-0.2, 0) is 0 Å². The highest BCUT2D eigenvalue weighted by molar-refractivity contribution is 6.31. The van der Waals surface area contributed by atoms with E-state index in [2.05, 4.69) is 11.2 Å². The van der Waals surface area contributed by atoms with Crippen molar-refractivity contribution in [3.05, 3.63) is 34.3 Å². The third kappa shape index (κ3) is 3.51. The Morgan fingerprint density at radius 1 is 1.59 bits per heavy atom. The smallest absolute Gasteiger partial charge is 0.251 e. The predicted molar refractivity (Wildman–Crippen MR) is 71.2 cm³/mol. The van der Waals surface area contributed by atoms with E-state index >= 15 is 0 Å². The lowest BCUT2D eigenvalue weighted by molar-refractivity contribution is 0.0936. The van der Waals surface area contributed by atoms with E-state index < -0.39 is 0 Å². The summed E-state index contributed by atoms with van der Waals surface area (Å²) in [6.45, 7) is 3.83. The molecular formula is C14H16ClNO. The number of nitrogens with one attached hydrogen (secondary N) is 1. The van der Waals surface area contributed by atoms with Crippen molar-refractivity contribution in [1.29, 1.82) is 0 Å². The van der Waals surface area contributed by atoms with Crippen LogP contribution in [0.2, 0.25) is 5.02 Å². The molecule has 0 aliphatic carbocycles. The molecule has 0 bridgehead atoms. The van der Waals surface area contributed by atoms with E-state index in [1.807, 2.05) is 13.8 Å². The zero-order chi connectivity index (χ0) is 12.8. The molecular weight excluding hydrogens is 234 g/mol. The van der Waals surface area contributed by atoms with E-state index in [1.165, 1.54) is 0 Å². The lowest BCUT2D eigenvalue weighted by atomic mass is 10.1. The van der Waals surface area contributed by atoms with E-state index in [1.54, 1.807) is 18.2 Å². The Morgan fingerprint density at radius 2 is 2.29 bits per heavy atom. The van der Waals surface area contributed by atoms with Gasteiger partial charge in [-0.15, -0.1) is 12.3 Å². The second-order valence-corrected chi connectivity index (χ2v) is 4.31. The largest absolute Gasteiger partial charge is 0.348 e. The summed E-state index contributed by atoms with van der Waals surface area (Å²) < 4.78 is 0. The van der Waals surface area contributed by atoms with Crippen LogP contribution in [-0.4, -0.2) is 11.9 Å². The number of benzene rings is 1. The molecule has 3 heteroatoms. The Labute approximate surface area is 107 Å². The maximum atomic E-state index is 12.0. The molecule has 0 aliphatic heterocycles. The molecule has 0 saturated heterocycles. The van der Waals surface area contributed by atoms with Crippen molar-refractivity contribution in [1.82, 2.24) is 5.32 Å². The molecule has 0 fully saturated rings. The van der Waals surface area contributed by atoms with Gasteiger partial charge in [-0.1, -0.05) is 24.6 Å². The Hall–Kier alpha value is -1.46. The topological polar surface area (TPSA) is 29.1 Å². The maximum absolute atomic E-state index is 12.0. The van der Waals surface area contributed by atoms with Gasteiger partial charge in [-0.3, -0.25) is 4.79 Å². The summed E-state index contributed by atoms with van der Waals surface area (Å²) in [6, 6.07) is 5.32. The van der Waals surface area contributed by atoms with E-state index in [-0.39, 0.29) is 11.9 Å². The van der Waals surface area contributed by atoms with Gasteiger partial charge in [-0.25, -0.2) is 0 Å². The number of hydrogen-bond donors (Lipinski definition) is 1. The third-order valence-electron chi connectivity index (χ3n) is 2.70. The van der Waals surface area contributed by atoms with Gasteiger partial charge in [0.2, 0.25) is 0 Å². The molecule has 1 aromatic rings. The van der Waals surface area contributed by atoms with Crippen LogP contribution < -0.4 is 5.32 Å². The predicted octanol–water partition coefficient (Wildman–Crippen LogP) is 3.18. The van der Waals surface area contributed by atoms with Gasteiger partial charge in [0.15, 0.2) is 0 Å². The molecule has 0 spiro atoms. The van der Waals surface area contributed by atoms with Gasteiger partial charge in [0.1, 0.15) is 0 Å². The lowest BCUT2D eigenvalue weighted by Gasteiger charge is -2.15. The molecule has 0 aromatic heterocycles. The van der Waals surface area contributed by atoms with Crippen molar-refractivity contribution < 1.29 is 4.79 Å². The average molecular weight is 250 g/mol. The van der Waals surface area contributed by atoms with E-state index in [0.29, 0.717) is 17.0 Å². The van der Waals surface area contributed by atoms with Crippen LogP contribution in [0.15, 0.2) is 18.2 Å². The molecule has 1 rings (SSSR count). The second kappa shape index (κ2) is 6.32. The van der Waals surface area contributed by atoms with Gasteiger partial charge < -0.3 is 5.32 Å². The number of halogens is 1. The van der Waals surface area contributed by atoms with E-state index in [4.69, 9.17) is 18.0 Å². The molecule has 17 heavy (non-hydrogen) atoms. The number of amides is 1. The fraction of sp³-hybridized carbons (Fsp3) is 0.357.